The van der Waals surface area contributed by atoms with Crippen LogP contribution in [0, 0.1) is 5.92 Å². The lowest BCUT2D eigenvalue weighted by atomic mass is 9.86. The number of aromatic nitrogens is 7. The van der Waals surface area contributed by atoms with Crippen LogP contribution in [0.1, 0.15) is 61.0 Å². The van der Waals surface area contributed by atoms with Crippen molar-refractivity contribution < 1.29 is 4.79 Å². The maximum Gasteiger partial charge on any atom is 0.217 e. The van der Waals surface area contributed by atoms with Gasteiger partial charge in [-0.1, -0.05) is 79.9 Å². The SMILES string of the molecule is CC=CCc1nc(C(=O)C2CCCCC2)nn1Cc1ccc(-c2ccccc2-c2nnn[nH]2)cc1. The Morgan fingerprint density at radius 2 is 1.83 bits per heavy atom. The highest BCUT2D eigenvalue weighted by atomic mass is 16.1. The molecule has 0 atom stereocenters. The molecule has 35 heavy (non-hydrogen) atoms. The zero-order chi connectivity index (χ0) is 24.0. The Labute approximate surface area is 204 Å². The molecule has 5 rings (SSSR count). The predicted octanol–water partition coefficient (Wildman–Crippen LogP) is 5.06. The van der Waals surface area contributed by atoms with Crippen molar-refractivity contribution in [2.75, 3.05) is 0 Å². The molecule has 1 saturated carbocycles. The highest BCUT2D eigenvalue weighted by Gasteiger charge is 2.26. The number of rotatable bonds is 8. The van der Waals surface area contributed by atoms with E-state index in [2.05, 4.69) is 61.0 Å². The molecule has 4 aromatic rings. The Hall–Kier alpha value is -3.94. The summed E-state index contributed by atoms with van der Waals surface area (Å²) in [7, 11) is 0. The summed E-state index contributed by atoms with van der Waals surface area (Å²) in [4.78, 5) is 17.7. The molecule has 0 aliphatic heterocycles. The number of H-pyrrole nitrogens is 1. The van der Waals surface area contributed by atoms with Gasteiger partial charge in [0.2, 0.25) is 11.6 Å². The first-order valence-electron chi connectivity index (χ1n) is 12.2. The van der Waals surface area contributed by atoms with Crippen LogP contribution < -0.4 is 0 Å². The van der Waals surface area contributed by atoms with Crippen LogP contribution >= 0.6 is 0 Å². The average molecular weight is 468 g/mol. The minimum Gasteiger partial charge on any atom is -0.290 e. The summed E-state index contributed by atoms with van der Waals surface area (Å²) in [5.74, 6) is 1.97. The highest BCUT2D eigenvalue weighted by molar-refractivity contribution is 5.94. The molecule has 0 bridgehead atoms. The third kappa shape index (κ3) is 5.11. The van der Waals surface area contributed by atoms with Crippen LogP contribution in [0.4, 0.5) is 0 Å². The summed E-state index contributed by atoms with van der Waals surface area (Å²) < 4.78 is 1.87. The van der Waals surface area contributed by atoms with E-state index in [4.69, 9.17) is 0 Å². The van der Waals surface area contributed by atoms with E-state index in [1.54, 1.807) is 0 Å². The zero-order valence-electron chi connectivity index (χ0n) is 19.9. The summed E-state index contributed by atoms with van der Waals surface area (Å²) in [6, 6.07) is 16.4. The van der Waals surface area contributed by atoms with E-state index in [-0.39, 0.29) is 11.7 Å². The van der Waals surface area contributed by atoms with Gasteiger partial charge in [-0.05, 0) is 46.9 Å². The summed E-state index contributed by atoms with van der Waals surface area (Å²) in [5.41, 5.74) is 4.16. The van der Waals surface area contributed by atoms with Crippen molar-refractivity contribution in [2.45, 2.75) is 52.0 Å². The van der Waals surface area contributed by atoms with Gasteiger partial charge in [-0.15, -0.1) is 10.2 Å². The molecule has 0 unspecified atom stereocenters. The van der Waals surface area contributed by atoms with Crippen molar-refractivity contribution in [2.24, 2.45) is 5.92 Å². The van der Waals surface area contributed by atoms with Crippen molar-refractivity contribution in [1.29, 1.82) is 0 Å². The van der Waals surface area contributed by atoms with Crippen molar-refractivity contribution in [1.82, 2.24) is 35.4 Å². The molecule has 0 saturated heterocycles. The van der Waals surface area contributed by atoms with E-state index < -0.39 is 0 Å². The Morgan fingerprint density at radius 3 is 2.54 bits per heavy atom. The van der Waals surface area contributed by atoms with Crippen LogP contribution in [0.5, 0.6) is 0 Å². The second kappa shape index (κ2) is 10.5. The van der Waals surface area contributed by atoms with Crippen molar-refractivity contribution in [3.05, 3.63) is 77.9 Å². The molecular formula is C27H29N7O. The molecule has 2 aromatic heterocycles. The summed E-state index contributed by atoms with van der Waals surface area (Å²) in [5, 5.41) is 19.0. The molecule has 8 nitrogen and oxygen atoms in total. The molecule has 1 aliphatic rings. The van der Waals surface area contributed by atoms with Crippen LogP contribution in [-0.4, -0.2) is 41.2 Å². The number of tetrazole rings is 1. The number of aromatic amines is 1. The van der Waals surface area contributed by atoms with E-state index in [9.17, 15) is 4.79 Å². The maximum absolute atomic E-state index is 13.0. The number of nitrogens with one attached hydrogen (secondary N) is 1. The number of hydrogen-bond donors (Lipinski definition) is 1. The number of carbonyl (C=O) groups excluding carboxylic acids is 1. The molecule has 0 radical (unpaired) electrons. The van der Waals surface area contributed by atoms with E-state index in [0.29, 0.717) is 24.6 Å². The molecule has 0 amide bonds. The first kappa shape index (κ1) is 22.8. The third-order valence-corrected chi connectivity index (χ3v) is 6.61. The van der Waals surface area contributed by atoms with Gasteiger partial charge in [-0.3, -0.25) is 4.79 Å². The quantitative estimate of drug-likeness (QED) is 0.287. The summed E-state index contributed by atoms with van der Waals surface area (Å²) in [6.07, 6.45) is 10.0. The Kier molecular flexibility index (Phi) is 6.88. The standard InChI is InChI=1S/C27H29N7O/c1-2-3-13-24-28-27(25(35)21-9-5-4-6-10-21)31-34(24)18-19-14-16-20(17-15-19)22-11-7-8-12-23(22)26-29-32-33-30-26/h2-3,7-8,11-12,14-17,21H,4-6,9-10,13,18H2,1H3,(H,29,30,32,33). The fraction of sp³-hybridized carbons (Fsp3) is 0.333. The lowest BCUT2D eigenvalue weighted by Gasteiger charge is -2.18. The lowest BCUT2D eigenvalue weighted by molar-refractivity contribution is 0.0878. The minimum atomic E-state index is 0.0630. The van der Waals surface area contributed by atoms with Gasteiger partial charge in [0.25, 0.3) is 0 Å². The zero-order valence-corrected chi connectivity index (χ0v) is 19.9. The van der Waals surface area contributed by atoms with Crippen LogP contribution in [0.25, 0.3) is 22.5 Å². The smallest absolute Gasteiger partial charge is 0.217 e. The largest absolute Gasteiger partial charge is 0.290 e. The van der Waals surface area contributed by atoms with Gasteiger partial charge in [0, 0.05) is 17.9 Å². The molecule has 2 aromatic carbocycles. The maximum atomic E-state index is 13.0. The molecule has 2 heterocycles. The van der Waals surface area contributed by atoms with E-state index in [1.165, 1.54) is 6.42 Å². The predicted molar refractivity (Wildman–Crippen MR) is 134 cm³/mol. The Bertz CT molecular complexity index is 1300. The highest BCUT2D eigenvalue weighted by Crippen LogP contribution is 2.30. The Balaban J connectivity index is 1.38. The normalized spacial score (nSPS) is 14.5. The number of allylic oxidation sites excluding steroid dienone is 2. The first-order chi connectivity index (χ1) is 17.2. The van der Waals surface area contributed by atoms with Crippen molar-refractivity contribution >= 4 is 5.78 Å². The molecule has 0 spiro atoms. The molecule has 1 N–H and O–H groups in total. The second-order valence-corrected chi connectivity index (χ2v) is 8.97. The van der Waals surface area contributed by atoms with E-state index in [1.807, 2.05) is 42.0 Å². The molecule has 1 aliphatic carbocycles. The number of Topliss-reactive ketones (excluding diaryl/α,β-unsaturated/α-hetero) is 1. The summed E-state index contributed by atoms with van der Waals surface area (Å²) >= 11 is 0. The molecule has 8 heteroatoms. The van der Waals surface area contributed by atoms with Gasteiger partial charge < -0.3 is 0 Å². The van der Waals surface area contributed by atoms with Gasteiger partial charge in [0.15, 0.2) is 5.82 Å². The number of carbonyl (C=O) groups is 1. The number of benzene rings is 2. The number of nitrogens with zero attached hydrogens (tertiary/aromatic N) is 6. The minimum absolute atomic E-state index is 0.0630. The van der Waals surface area contributed by atoms with Crippen molar-refractivity contribution in [3.8, 4) is 22.5 Å². The molecule has 178 valence electrons. The van der Waals surface area contributed by atoms with E-state index >= 15 is 0 Å². The van der Waals surface area contributed by atoms with Crippen LogP contribution in [0.2, 0.25) is 0 Å². The van der Waals surface area contributed by atoms with Gasteiger partial charge >= 0.3 is 0 Å². The average Bonchev–Trinajstić information content (AvgIpc) is 3.59. The van der Waals surface area contributed by atoms with Gasteiger partial charge in [0.05, 0.1) is 6.54 Å². The van der Waals surface area contributed by atoms with Crippen molar-refractivity contribution in [3.63, 3.8) is 0 Å². The van der Waals surface area contributed by atoms with Crippen LogP contribution in [-0.2, 0) is 13.0 Å². The fourth-order valence-corrected chi connectivity index (χ4v) is 4.70. The number of ketones is 1. The molecular weight excluding hydrogens is 438 g/mol. The summed E-state index contributed by atoms with van der Waals surface area (Å²) in [6.45, 7) is 2.55. The Morgan fingerprint density at radius 1 is 1.06 bits per heavy atom. The number of hydrogen-bond acceptors (Lipinski definition) is 6. The lowest BCUT2D eigenvalue weighted by Crippen LogP contribution is -2.19. The fourth-order valence-electron chi connectivity index (χ4n) is 4.70. The monoisotopic (exact) mass is 467 g/mol. The second-order valence-electron chi connectivity index (χ2n) is 8.97. The topological polar surface area (TPSA) is 102 Å². The third-order valence-electron chi connectivity index (χ3n) is 6.61. The van der Waals surface area contributed by atoms with Gasteiger partial charge in [-0.25, -0.2) is 14.8 Å². The first-order valence-corrected chi connectivity index (χ1v) is 12.2. The van der Waals surface area contributed by atoms with Crippen LogP contribution in [0.3, 0.4) is 0 Å². The van der Waals surface area contributed by atoms with E-state index in [0.717, 1.165) is 53.8 Å². The van der Waals surface area contributed by atoms with Crippen LogP contribution in [0.15, 0.2) is 60.7 Å². The molecule has 1 fully saturated rings. The van der Waals surface area contributed by atoms with Gasteiger partial charge in [-0.2, -0.15) is 0 Å². The van der Waals surface area contributed by atoms with Gasteiger partial charge in [0.1, 0.15) is 5.82 Å².